The molecule has 0 unspecified atom stereocenters. The summed E-state index contributed by atoms with van der Waals surface area (Å²) in [6.07, 6.45) is 0.503. The number of imide groups is 1. The Labute approximate surface area is 120 Å². The molecule has 21 heavy (non-hydrogen) atoms. The number of carbonyl (C=O) groups excluding carboxylic acids is 3. The monoisotopic (exact) mass is 290 g/mol. The molecule has 0 saturated heterocycles. The highest BCUT2D eigenvalue weighted by Crippen LogP contribution is 2.26. The molecule has 1 aromatic rings. The Bertz CT molecular complexity index is 624. The van der Waals surface area contributed by atoms with Crippen molar-refractivity contribution in [3.63, 3.8) is 0 Å². The number of primary amides is 1. The van der Waals surface area contributed by atoms with Gasteiger partial charge in [-0.15, -0.1) is 0 Å². The molecule has 0 radical (unpaired) electrons. The summed E-state index contributed by atoms with van der Waals surface area (Å²) in [6, 6.07) is 6.22. The standard InChI is InChI=1S/C14H14N2O5/c1-8(12(17)16-14(15)19)21-13(18)10-6-9-4-2-3-5-11(9)20-7-10/h2-6,8H,7H2,1H3,(H3,15,16,17,19)/t8-/m1/s1. The fourth-order valence-corrected chi connectivity index (χ4v) is 1.75. The number of nitrogens with two attached hydrogens (primary N) is 1. The van der Waals surface area contributed by atoms with Gasteiger partial charge in [-0.2, -0.15) is 0 Å². The number of urea groups is 1. The first-order valence-electron chi connectivity index (χ1n) is 6.21. The summed E-state index contributed by atoms with van der Waals surface area (Å²) in [5.41, 5.74) is 5.85. The summed E-state index contributed by atoms with van der Waals surface area (Å²) in [4.78, 5) is 33.9. The predicted molar refractivity (Wildman–Crippen MR) is 73.2 cm³/mol. The molecule has 3 amide bonds. The van der Waals surface area contributed by atoms with Crippen molar-refractivity contribution in [2.75, 3.05) is 6.61 Å². The molecule has 7 nitrogen and oxygen atoms in total. The summed E-state index contributed by atoms with van der Waals surface area (Å²) >= 11 is 0. The van der Waals surface area contributed by atoms with Crippen LogP contribution < -0.4 is 15.8 Å². The molecule has 3 N–H and O–H groups in total. The maximum Gasteiger partial charge on any atom is 0.338 e. The second-order valence-corrected chi connectivity index (χ2v) is 4.40. The number of carbonyl (C=O) groups is 3. The Balaban J connectivity index is 2.03. The molecule has 110 valence electrons. The Hall–Kier alpha value is -2.83. The van der Waals surface area contributed by atoms with Crippen LogP contribution in [0.25, 0.3) is 6.08 Å². The van der Waals surface area contributed by atoms with E-state index in [1.54, 1.807) is 18.2 Å². The Morgan fingerprint density at radius 3 is 2.76 bits per heavy atom. The average molecular weight is 290 g/mol. The summed E-state index contributed by atoms with van der Waals surface area (Å²) in [5, 5.41) is 1.84. The highest BCUT2D eigenvalue weighted by Gasteiger charge is 2.23. The lowest BCUT2D eigenvalue weighted by Gasteiger charge is -2.18. The van der Waals surface area contributed by atoms with Crippen molar-refractivity contribution in [2.45, 2.75) is 13.0 Å². The van der Waals surface area contributed by atoms with Crippen molar-refractivity contribution in [3.8, 4) is 5.75 Å². The highest BCUT2D eigenvalue weighted by molar-refractivity contribution is 5.99. The summed E-state index contributed by atoms with van der Waals surface area (Å²) in [5.74, 6) is -0.793. The molecule has 1 aliphatic rings. The topological polar surface area (TPSA) is 108 Å². The van der Waals surface area contributed by atoms with Gasteiger partial charge in [0.25, 0.3) is 5.91 Å². The van der Waals surface area contributed by atoms with Crippen LogP contribution in [-0.2, 0) is 14.3 Å². The number of amides is 3. The molecule has 1 heterocycles. The van der Waals surface area contributed by atoms with Crippen LogP contribution in [0.2, 0.25) is 0 Å². The maximum absolute atomic E-state index is 11.9. The van der Waals surface area contributed by atoms with Gasteiger partial charge in [0.2, 0.25) is 0 Å². The van der Waals surface area contributed by atoms with Gasteiger partial charge in [0.1, 0.15) is 12.4 Å². The van der Waals surface area contributed by atoms with Crippen molar-refractivity contribution >= 4 is 24.0 Å². The first kappa shape index (κ1) is 14.6. The second-order valence-electron chi connectivity index (χ2n) is 4.40. The van der Waals surface area contributed by atoms with Crippen LogP contribution in [0.4, 0.5) is 4.79 Å². The lowest BCUT2D eigenvalue weighted by molar-refractivity contribution is -0.151. The van der Waals surface area contributed by atoms with Crippen LogP contribution in [-0.4, -0.2) is 30.6 Å². The molecule has 0 bridgehead atoms. The van der Waals surface area contributed by atoms with Crippen molar-refractivity contribution in [1.29, 1.82) is 0 Å². The van der Waals surface area contributed by atoms with Crippen LogP contribution in [0.15, 0.2) is 29.8 Å². The van der Waals surface area contributed by atoms with Gasteiger partial charge < -0.3 is 15.2 Å². The minimum Gasteiger partial charge on any atom is -0.488 e. The van der Waals surface area contributed by atoms with Gasteiger partial charge in [-0.3, -0.25) is 10.1 Å². The largest absolute Gasteiger partial charge is 0.488 e. The second kappa shape index (κ2) is 6.08. The number of hydrogen-bond acceptors (Lipinski definition) is 5. The van der Waals surface area contributed by atoms with Crippen LogP contribution >= 0.6 is 0 Å². The molecule has 1 aromatic carbocycles. The SMILES string of the molecule is C[C@@H](OC(=O)C1=Cc2ccccc2OC1)C(=O)NC(N)=O. The fourth-order valence-electron chi connectivity index (χ4n) is 1.75. The molecule has 0 aromatic heterocycles. The summed E-state index contributed by atoms with van der Waals surface area (Å²) in [7, 11) is 0. The van der Waals surface area contributed by atoms with E-state index in [-0.39, 0.29) is 12.2 Å². The summed E-state index contributed by atoms with van der Waals surface area (Å²) in [6.45, 7) is 1.40. The molecule has 1 atom stereocenters. The molecule has 0 spiro atoms. The Kier molecular flexibility index (Phi) is 4.22. The number of benzene rings is 1. The molecule has 0 fully saturated rings. The Morgan fingerprint density at radius 2 is 2.05 bits per heavy atom. The Morgan fingerprint density at radius 1 is 1.33 bits per heavy atom. The molecular weight excluding hydrogens is 276 g/mol. The zero-order valence-corrected chi connectivity index (χ0v) is 11.3. The predicted octanol–water partition coefficient (Wildman–Crippen LogP) is 0.589. The van der Waals surface area contributed by atoms with Crippen LogP contribution in [0.1, 0.15) is 12.5 Å². The van der Waals surface area contributed by atoms with E-state index < -0.39 is 24.0 Å². The molecule has 2 rings (SSSR count). The zero-order chi connectivity index (χ0) is 15.4. The molecule has 1 aliphatic heterocycles. The smallest absolute Gasteiger partial charge is 0.338 e. The molecule has 7 heteroatoms. The van der Waals surface area contributed by atoms with E-state index in [4.69, 9.17) is 15.2 Å². The van der Waals surface area contributed by atoms with Gasteiger partial charge >= 0.3 is 12.0 Å². The third-order valence-corrected chi connectivity index (χ3v) is 2.79. The van der Waals surface area contributed by atoms with Crippen LogP contribution in [0.3, 0.4) is 0 Å². The zero-order valence-electron chi connectivity index (χ0n) is 11.3. The number of fused-ring (bicyclic) bond motifs is 1. The third-order valence-electron chi connectivity index (χ3n) is 2.79. The van der Waals surface area contributed by atoms with Crippen molar-refractivity contribution in [3.05, 3.63) is 35.4 Å². The van der Waals surface area contributed by atoms with E-state index in [0.29, 0.717) is 5.75 Å². The van der Waals surface area contributed by atoms with Crippen LogP contribution in [0.5, 0.6) is 5.75 Å². The number of para-hydroxylation sites is 1. The van der Waals surface area contributed by atoms with E-state index in [9.17, 15) is 14.4 Å². The number of hydrogen-bond donors (Lipinski definition) is 2. The molecular formula is C14H14N2O5. The average Bonchev–Trinajstić information content (AvgIpc) is 2.45. The van der Waals surface area contributed by atoms with Crippen molar-refractivity contribution < 1.29 is 23.9 Å². The van der Waals surface area contributed by atoms with E-state index in [1.165, 1.54) is 6.92 Å². The number of ether oxygens (including phenoxy) is 2. The normalized spacial score (nSPS) is 14.0. The van der Waals surface area contributed by atoms with E-state index in [1.807, 2.05) is 17.4 Å². The first-order valence-corrected chi connectivity index (χ1v) is 6.21. The number of rotatable bonds is 3. The van der Waals surface area contributed by atoms with E-state index >= 15 is 0 Å². The van der Waals surface area contributed by atoms with Crippen molar-refractivity contribution in [2.24, 2.45) is 5.73 Å². The van der Waals surface area contributed by atoms with Crippen molar-refractivity contribution in [1.82, 2.24) is 5.32 Å². The fraction of sp³-hybridized carbons (Fsp3) is 0.214. The highest BCUT2D eigenvalue weighted by atomic mass is 16.6. The number of esters is 1. The lowest BCUT2D eigenvalue weighted by atomic mass is 10.1. The first-order chi connectivity index (χ1) is 9.97. The van der Waals surface area contributed by atoms with Gasteiger partial charge in [0, 0.05) is 5.56 Å². The summed E-state index contributed by atoms with van der Waals surface area (Å²) < 4.78 is 10.4. The van der Waals surface area contributed by atoms with Gasteiger partial charge in [-0.25, -0.2) is 9.59 Å². The third kappa shape index (κ3) is 3.59. The van der Waals surface area contributed by atoms with E-state index in [0.717, 1.165) is 5.56 Å². The molecule has 0 aliphatic carbocycles. The minimum atomic E-state index is -1.14. The van der Waals surface area contributed by atoms with Gasteiger partial charge in [-0.1, -0.05) is 18.2 Å². The van der Waals surface area contributed by atoms with Gasteiger partial charge in [0.15, 0.2) is 6.10 Å². The van der Waals surface area contributed by atoms with Crippen LogP contribution in [0, 0.1) is 0 Å². The lowest BCUT2D eigenvalue weighted by Crippen LogP contribution is -2.42. The maximum atomic E-state index is 11.9. The van der Waals surface area contributed by atoms with Gasteiger partial charge in [0.05, 0.1) is 5.57 Å². The van der Waals surface area contributed by atoms with E-state index in [2.05, 4.69) is 0 Å². The quantitative estimate of drug-likeness (QED) is 0.792. The molecule has 0 saturated carbocycles. The van der Waals surface area contributed by atoms with Gasteiger partial charge in [-0.05, 0) is 19.1 Å². The minimum absolute atomic E-state index is 0.0556. The number of nitrogens with one attached hydrogen (secondary N) is 1.